The summed E-state index contributed by atoms with van der Waals surface area (Å²) in [5.74, 6) is -0.157. The molecule has 4 heteroatoms. The van der Waals surface area contributed by atoms with Crippen LogP contribution in [0.2, 0.25) is 0 Å². The van der Waals surface area contributed by atoms with Crippen molar-refractivity contribution in [1.82, 2.24) is 10.2 Å². The molecule has 1 heterocycles. The second-order valence-electron chi connectivity index (χ2n) is 5.51. The maximum absolute atomic E-state index is 13.4. The Kier molecular flexibility index (Phi) is 4.77. The molecule has 1 N–H and O–H groups in total. The van der Waals surface area contributed by atoms with Crippen LogP contribution >= 0.6 is 0 Å². The van der Waals surface area contributed by atoms with Crippen LogP contribution < -0.4 is 10.2 Å². The van der Waals surface area contributed by atoms with E-state index in [-0.39, 0.29) is 5.82 Å². The largest absolute Gasteiger partial charge is 0.370 e. The lowest BCUT2D eigenvalue weighted by Gasteiger charge is -2.38. The molecule has 0 aromatic heterocycles. The molecule has 0 spiro atoms. The third-order valence-electron chi connectivity index (χ3n) is 3.88. The first-order valence-electron chi connectivity index (χ1n) is 6.96. The molecule has 19 heavy (non-hydrogen) atoms. The van der Waals surface area contributed by atoms with E-state index in [1.165, 1.54) is 18.5 Å². The van der Waals surface area contributed by atoms with E-state index in [4.69, 9.17) is 0 Å². The van der Waals surface area contributed by atoms with Gasteiger partial charge in [-0.15, -0.1) is 0 Å². The van der Waals surface area contributed by atoms with Gasteiger partial charge in [-0.25, -0.2) is 4.39 Å². The predicted molar refractivity (Wildman–Crippen MR) is 78.1 cm³/mol. The van der Waals surface area contributed by atoms with Crippen molar-refractivity contribution in [2.24, 2.45) is 0 Å². The molecule has 1 fully saturated rings. The van der Waals surface area contributed by atoms with E-state index in [2.05, 4.69) is 29.2 Å². The molecule has 0 aliphatic carbocycles. The summed E-state index contributed by atoms with van der Waals surface area (Å²) in [6.45, 7) is 2.79. The van der Waals surface area contributed by atoms with Gasteiger partial charge in [-0.3, -0.25) is 0 Å². The Morgan fingerprint density at radius 2 is 2.21 bits per heavy atom. The van der Waals surface area contributed by atoms with Crippen LogP contribution in [-0.4, -0.2) is 45.2 Å². The number of rotatable bonds is 4. The Morgan fingerprint density at radius 3 is 2.89 bits per heavy atom. The van der Waals surface area contributed by atoms with Crippen molar-refractivity contribution in [1.29, 1.82) is 0 Å². The molecule has 1 aliphatic heterocycles. The van der Waals surface area contributed by atoms with Crippen LogP contribution in [-0.2, 0) is 6.54 Å². The van der Waals surface area contributed by atoms with Crippen LogP contribution in [0.4, 0.5) is 10.1 Å². The number of nitrogens with one attached hydrogen (secondary N) is 1. The molecular formula is C15H24FN3. The molecular weight excluding hydrogens is 241 g/mol. The van der Waals surface area contributed by atoms with E-state index in [1.807, 2.05) is 13.1 Å². The second-order valence-corrected chi connectivity index (χ2v) is 5.51. The fourth-order valence-electron chi connectivity index (χ4n) is 2.79. The zero-order valence-corrected chi connectivity index (χ0v) is 12.1. The van der Waals surface area contributed by atoms with Gasteiger partial charge < -0.3 is 15.1 Å². The van der Waals surface area contributed by atoms with Crippen molar-refractivity contribution >= 4 is 5.69 Å². The third-order valence-corrected chi connectivity index (χ3v) is 3.88. The first kappa shape index (κ1) is 14.3. The average Bonchev–Trinajstić information content (AvgIpc) is 2.39. The molecule has 106 valence electrons. The molecule has 3 nitrogen and oxygen atoms in total. The molecule has 1 unspecified atom stereocenters. The lowest BCUT2D eigenvalue weighted by Crippen LogP contribution is -2.45. The van der Waals surface area contributed by atoms with Gasteiger partial charge in [0.05, 0.1) is 0 Å². The fraction of sp³-hybridized carbons (Fsp3) is 0.600. The Balaban J connectivity index is 2.20. The van der Waals surface area contributed by atoms with Crippen molar-refractivity contribution < 1.29 is 4.39 Å². The van der Waals surface area contributed by atoms with Gasteiger partial charge in [0.2, 0.25) is 0 Å². The van der Waals surface area contributed by atoms with Gasteiger partial charge in [0.15, 0.2) is 0 Å². The zero-order valence-electron chi connectivity index (χ0n) is 12.1. The molecule has 1 aliphatic rings. The molecule has 0 bridgehead atoms. The number of hydrogen-bond acceptors (Lipinski definition) is 3. The Bertz CT molecular complexity index is 420. The van der Waals surface area contributed by atoms with E-state index in [0.717, 1.165) is 18.7 Å². The zero-order chi connectivity index (χ0) is 13.8. The highest BCUT2D eigenvalue weighted by molar-refractivity contribution is 5.54. The van der Waals surface area contributed by atoms with Crippen molar-refractivity contribution in [3.63, 3.8) is 0 Å². The summed E-state index contributed by atoms with van der Waals surface area (Å²) in [5.41, 5.74) is 2.21. The van der Waals surface area contributed by atoms with Crippen LogP contribution in [0.3, 0.4) is 0 Å². The number of nitrogens with zero attached hydrogens (tertiary/aromatic N) is 2. The molecule has 1 saturated heterocycles. The smallest absolute Gasteiger partial charge is 0.123 e. The molecule has 2 rings (SSSR count). The van der Waals surface area contributed by atoms with E-state index in [9.17, 15) is 4.39 Å². The number of halogens is 1. The van der Waals surface area contributed by atoms with Crippen LogP contribution in [0, 0.1) is 5.82 Å². The van der Waals surface area contributed by atoms with E-state index < -0.39 is 0 Å². The molecule has 1 atom stereocenters. The highest BCUT2D eigenvalue weighted by Gasteiger charge is 2.23. The van der Waals surface area contributed by atoms with Gasteiger partial charge in [-0.2, -0.15) is 0 Å². The van der Waals surface area contributed by atoms with Gasteiger partial charge >= 0.3 is 0 Å². The van der Waals surface area contributed by atoms with Crippen LogP contribution in [0.15, 0.2) is 18.2 Å². The molecule has 0 radical (unpaired) electrons. The van der Waals surface area contributed by atoms with Gasteiger partial charge in [-0.05, 0) is 57.7 Å². The lowest BCUT2D eigenvalue weighted by atomic mass is 10.0. The summed E-state index contributed by atoms with van der Waals surface area (Å²) in [6.07, 6.45) is 2.44. The molecule has 1 aromatic rings. The minimum absolute atomic E-state index is 0.157. The highest BCUT2D eigenvalue weighted by atomic mass is 19.1. The first-order chi connectivity index (χ1) is 9.11. The maximum Gasteiger partial charge on any atom is 0.123 e. The summed E-state index contributed by atoms with van der Waals surface area (Å²) < 4.78 is 13.4. The second kappa shape index (κ2) is 6.35. The Morgan fingerprint density at radius 1 is 1.42 bits per heavy atom. The lowest BCUT2D eigenvalue weighted by molar-refractivity contribution is 0.258. The summed E-state index contributed by atoms with van der Waals surface area (Å²) in [4.78, 5) is 4.67. The van der Waals surface area contributed by atoms with Crippen molar-refractivity contribution in [3.05, 3.63) is 29.6 Å². The van der Waals surface area contributed by atoms with E-state index in [1.54, 1.807) is 12.1 Å². The minimum Gasteiger partial charge on any atom is -0.370 e. The average molecular weight is 265 g/mol. The molecule has 0 amide bonds. The Labute approximate surface area is 115 Å². The number of benzene rings is 1. The number of piperidine rings is 1. The summed E-state index contributed by atoms with van der Waals surface area (Å²) >= 11 is 0. The predicted octanol–water partition coefficient (Wildman–Crippen LogP) is 2.08. The summed E-state index contributed by atoms with van der Waals surface area (Å²) in [7, 11) is 6.16. The highest BCUT2D eigenvalue weighted by Crippen LogP contribution is 2.26. The monoisotopic (exact) mass is 265 g/mol. The van der Waals surface area contributed by atoms with E-state index >= 15 is 0 Å². The van der Waals surface area contributed by atoms with Crippen molar-refractivity contribution in [2.75, 3.05) is 39.1 Å². The van der Waals surface area contributed by atoms with Gasteiger partial charge in [0.25, 0.3) is 0 Å². The summed E-state index contributed by atoms with van der Waals surface area (Å²) in [5, 5.41) is 3.12. The number of hydrogen-bond donors (Lipinski definition) is 1. The van der Waals surface area contributed by atoms with Gasteiger partial charge in [-0.1, -0.05) is 0 Å². The van der Waals surface area contributed by atoms with Gasteiger partial charge in [0, 0.05) is 31.4 Å². The maximum atomic E-state index is 13.4. The number of likely N-dealkylation sites (N-methyl/N-ethyl adjacent to an activating group) is 1. The Hall–Kier alpha value is -1.13. The fourth-order valence-corrected chi connectivity index (χ4v) is 2.79. The quantitative estimate of drug-likeness (QED) is 0.899. The topological polar surface area (TPSA) is 18.5 Å². The molecule has 0 saturated carbocycles. The number of anilines is 1. The normalized spacial score (nSPS) is 20.1. The minimum atomic E-state index is -0.157. The summed E-state index contributed by atoms with van der Waals surface area (Å²) in [6, 6.07) is 5.71. The van der Waals surface area contributed by atoms with E-state index in [0.29, 0.717) is 12.6 Å². The first-order valence-corrected chi connectivity index (χ1v) is 6.96. The standard InChI is InChI=1S/C15H24FN3/c1-17-10-12-9-13(16)6-7-15(12)19-8-4-5-14(11-19)18(2)3/h6-7,9,14,17H,4-5,8,10-11H2,1-3H3. The van der Waals surface area contributed by atoms with Gasteiger partial charge in [0.1, 0.15) is 5.82 Å². The van der Waals surface area contributed by atoms with Crippen molar-refractivity contribution in [3.8, 4) is 0 Å². The van der Waals surface area contributed by atoms with Crippen molar-refractivity contribution in [2.45, 2.75) is 25.4 Å². The third kappa shape index (κ3) is 3.45. The van der Waals surface area contributed by atoms with Crippen LogP contribution in [0.5, 0.6) is 0 Å². The SMILES string of the molecule is CNCc1cc(F)ccc1N1CCCC(N(C)C)C1. The van der Waals surface area contributed by atoms with Crippen LogP contribution in [0.25, 0.3) is 0 Å². The molecule has 1 aromatic carbocycles. The van der Waals surface area contributed by atoms with Crippen LogP contribution in [0.1, 0.15) is 18.4 Å².